The van der Waals surface area contributed by atoms with E-state index in [1.807, 2.05) is 0 Å². The van der Waals surface area contributed by atoms with E-state index in [0.717, 1.165) is 5.56 Å². The number of nitrogens with zero attached hydrogens (tertiary/aromatic N) is 1. The lowest BCUT2D eigenvalue weighted by Gasteiger charge is -2.29. The van der Waals surface area contributed by atoms with Crippen molar-refractivity contribution in [1.29, 1.82) is 0 Å². The molecule has 4 amide bonds. The summed E-state index contributed by atoms with van der Waals surface area (Å²) in [6.45, 7) is 0.300. The van der Waals surface area contributed by atoms with Crippen molar-refractivity contribution in [3.8, 4) is 0 Å². The Morgan fingerprint density at radius 2 is 2.13 bits per heavy atom. The summed E-state index contributed by atoms with van der Waals surface area (Å²) in [7, 11) is 0. The maximum atomic E-state index is 12.7. The number of amides is 4. The quantitative estimate of drug-likeness (QED) is 0.689. The molecule has 1 atom stereocenters. The van der Waals surface area contributed by atoms with Gasteiger partial charge >= 0.3 is 6.09 Å². The van der Waals surface area contributed by atoms with Crippen molar-refractivity contribution >= 4 is 23.8 Å². The average Bonchev–Trinajstić information content (AvgIpc) is 2.83. The highest BCUT2D eigenvalue weighted by atomic mass is 16.4. The van der Waals surface area contributed by atoms with Gasteiger partial charge in [0.25, 0.3) is 5.91 Å². The molecule has 0 aromatic heterocycles. The zero-order valence-electron chi connectivity index (χ0n) is 12.2. The van der Waals surface area contributed by atoms with Gasteiger partial charge in [-0.15, -0.1) is 0 Å². The van der Waals surface area contributed by atoms with Gasteiger partial charge in [-0.05, 0) is 17.5 Å². The van der Waals surface area contributed by atoms with Crippen LogP contribution in [0.4, 0.5) is 4.79 Å². The van der Waals surface area contributed by atoms with Crippen molar-refractivity contribution in [3.05, 3.63) is 34.9 Å². The molecule has 1 aromatic carbocycles. The minimum absolute atomic E-state index is 0.0213. The monoisotopic (exact) mass is 317 g/mol. The van der Waals surface area contributed by atoms with Crippen LogP contribution in [0.1, 0.15) is 34.3 Å². The van der Waals surface area contributed by atoms with Gasteiger partial charge in [0.2, 0.25) is 11.8 Å². The van der Waals surface area contributed by atoms with Crippen LogP contribution >= 0.6 is 0 Å². The fraction of sp³-hybridized carbons (Fsp3) is 0.333. The standard InChI is InChI=1S/C15H15N3O5/c19-11-5-4-10(13(20)17-11)18-7-9-3-1-2-8(6-16-15(22)23)12(9)14(18)21/h1-3,10,16H,4-7H2,(H,22,23)(H,17,19,20). The number of hydrogen-bond acceptors (Lipinski definition) is 4. The van der Waals surface area contributed by atoms with Crippen molar-refractivity contribution in [2.24, 2.45) is 0 Å². The van der Waals surface area contributed by atoms with Gasteiger partial charge in [-0.1, -0.05) is 18.2 Å². The molecular formula is C15H15N3O5. The molecule has 2 aliphatic rings. The second kappa shape index (κ2) is 5.71. The van der Waals surface area contributed by atoms with Crippen molar-refractivity contribution in [2.75, 3.05) is 0 Å². The second-order valence-corrected chi connectivity index (χ2v) is 5.51. The molecule has 0 aliphatic carbocycles. The Morgan fingerprint density at radius 1 is 1.35 bits per heavy atom. The Hall–Kier alpha value is -2.90. The lowest BCUT2D eigenvalue weighted by molar-refractivity contribution is -0.136. The van der Waals surface area contributed by atoms with Crippen LogP contribution in [0.3, 0.4) is 0 Å². The number of piperidine rings is 1. The highest BCUT2D eigenvalue weighted by molar-refractivity contribution is 6.06. The molecule has 8 heteroatoms. The Labute approximate surface area is 131 Å². The predicted octanol–water partition coefficient (Wildman–Crippen LogP) is 0.215. The van der Waals surface area contributed by atoms with E-state index in [1.54, 1.807) is 18.2 Å². The summed E-state index contributed by atoms with van der Waals surface area (Å²) in [5.74, 6) is -1.10. The van der Waals surface area contributed by atoms with Crippen LogP contribution in [-0.2, 0) is 22.7 Å². The van der Waals surface area contributed by atoms with Crippen LogP contribution in [-0.4, -0.2) is 39.9 Å². The second-order valence-electron chi connectivity index (χ2n) is 5.51. The van der Waals surface area contributed by atoms with Crippen molar-refractivity contribution in [1.82, 2.24) is 15.5 Å². The van der Waals surface area contributed by atoms with Crippen LogP contribution in [0, 0.1) is 0 Å². The van der Waals surface area contributed by atoms with E-state index in [2.05, 4.69) is 10.6 Å². The number of imide groups is 1. The molecule has 0 bridgehead atoms. The molecule has 1 aromatic rings. The fourth-order valence-corrected chi connectivity index (χ4v) is 3.01. The molecular weight excluding hydrogens is 302 g/mol. The molecule has 2 heterocycles. The third-order valence-electron chi connectivity index (χ3n) is 4.07. The first kappa shape index (κ1) is 15.0. The maximum Gasteiger partial charge on any atom is 0.404 e. The van der Waals surface area contributed by atoms with Crippen molar-refractivity contribution in [3.63, 3.8) is 0 Å². The normalized spacial score (nSPS) is 20.3. The largest absolute Gasteiger partial charge is 0.465 e. The van der Waals surface area contributed by atoms with Gasteiger partial charge < -0.3 is 15.3 Å². The van der Waals surface area contributed by atoms with E-state index < -0.39 is 18.0 Å². The van der Waals surface area contributed by atoms with Gasteiger partial charge in [0, 0.05) is 25.1 Å². The third kappa shape index (κ3) is 2.75. The van der Waals surface area contributed by atoms with Gasteiger partial charge in [-0.2, -0.15) is 0 Å². The zero-order valence-corrected chi connectivity index (χ0v) is 12.2. The lowest BCUT2D eigenvalue weighted by Crippen LogP contribution is -2.52. The number of fused-ring (bicyclic) bond motifs is 1. The lowest BCUT2D eigenvalue weighted by atomic mass is 10.0. The summed E-state index contributed by atoms with van der Waals surface area (Å²) in [5, 5.41) is 13.2. The van der Waals surface area contributed by atoms with E-state index in [-0.39, 0.29) is 31.3 Å². The number of carbonyl (C=O) groups is 4. The summed E-state index contributed by atoms with van der Waals surface area (Å²) in [6.07, 6.45) is -0.674. The van der Waals surface area contributed by atoms with Gasteiger partial charge in [-0.3, -0.25) is 19.7 Å². The summed E-state index contributed by atoms with van der Waals surface area (Å²) in [4.78, 5) is 48.0. The van der Waals surface area contributed by atoms with E-state index >= 15 is 0 Å². The molecule has 120 valence electrons. The molecule has 2 aliphatic heterocycles. The predicted molar refractivity (Wildman–Crippen MR) is 77.4 cm³/mol. The molecule has 0 saturated carbocycles. The minimum atomic E-state index is -1.17. The van der Waals surface area contributed by atoms with Crippen LogP contribution in [0.2, 0.25) is 0 Å². The van der Waals surface area contributed by atoms with Gasteiger partial charge in [-0.25, -0.2) is 4.79 Å². The zero-order chi connectivity index (χ0) is 16.6. The first-order chi connectivity index (χ1) is 11.0. The van der Waals surface area contributed by atoms with E-state index in [1.165, 1.54) is 4.90 Å². The van der Waals surface area contributed by atoms with Crippen LogP contribution < -0.4 is 10.6 Å². The van der Waals surface area contributed by atoms with Gasteiger partial charge in [0.15, 0.2) is 0 Å². The molecule has 23 heavy (non-hydrogen) atoms. The van der Waals surface area contributed by atoms with E-state index in [4.69, 9.17) is 5.11 Å². The molecule has 8 nitrogen and oxygen atoms in total. The number of carbonyl (C=O) groups excluding carboxylic acids is 3. The Morgan fingerprint density at radius 3 is 2.83 bits per heavy atom. The SMILES string of the molecule is O=C(O)NCc1cccc2c1C(=O)N(C1CCC(=O)NC1=O)C2. The van der Waals surface area contributed by atoms with Crippen LogP contribution in [0.15, 0.2) is 18.2 Å². The van der Waals surface area contributed by atoms with Crippen molar-refractivity contribution < 1.29 is 24.3 Å². The van der Waals surface area contributed by atoms with Gasteiger partial charge in [0.05, 0.1) is 0 Å². The maximum absolute atomic E-state index is 12.7. The summed E-state index contributed by atoms with van der Waals surface area (Å²) < 4.78 is 0. The van der Waals surface area contributed by atoms with E-state index in [0.29, 0.717) is 17.5 Å². The molecule has 3 rings (SSSR count). The third-order valence-corrected chi connectivity index (χ3v) is 4.07. The molecule has 0 spiro atoms. The molecule has 1 unspecified atom stereocenters. The summed E-state index contributed by atoms with van der Waals surface area (Å²) in [5.41, 5.74) is 1.76. The number of benzene rings is 1. The van der Waals surface area contributed by atoms with Crippen LogP contribution in [0.5, 0.6) is 0 Å². The summed E-state index contributed by atoms with van der Waals surface area (Å²) >= 11 is 0. The molecule has 3 N–H and O–H groups in total. The number of carboxylic acid groups (broad SMARTS) is 1. The number of hydrogen-bond donors (Lipinski definition) is 3. The first-order valence-electron chi connectivity index (χ1n) is 7.19. The molecule has 0 radical (unpaired) electrons. The fourth-order valence-electron chi connectivity index (χ4n) is 3.01. The molecule has 1 fully saturated rings. The highest BCUT2D eigenvalue weighted by Gasteiger charge is 2.39. The topological polar surface area (TPSA) is 116 Å². The number of nitrogens with one attached hydrogen (secondary N) is 2. The van der Waals surface area contributed by atoms with Crippen molar-refractivity contribution in [2.45, 2.75) is 32.0 Å². The van der Waals surface area contributed by atoms with E-state index in [9.17, 15) is 19.2 Å². The smallest absolute Gasteiger partial charge is 0.404 e. The average molecular weight is 317 g/mol. The number of rotatable bonds is 3. The summed E-state index contributed by atoms with van der Waals surface area (Å²) in [6, 6.07) is 4.54. The first-order valence-corrected chi connectivity index (χ1v) is 7.19. The Balaban J connectivity index is 1.84. The molecule has 1 saturated heterocycles. The Bertz CT molecular complexity index is 715. The Kier molecular flexibility index (Phi) is 3.73. The van der Waals surface area contributed by atoms with Gasteiger partial charge in [0.1, 0.15) is 6.04 Å². The van der Waals surface area contributed by atoms with Crippen LogP contribution in [0.25, 0.3) is 0 Å². The minimum Gasteiger partial charge on any atom is -0.465 e. The highest BCUT2D eigenvalue weighted by Crippen LogP contribution is 2.29.